The summed E-state index contributed by atoms with van der Waals surface area (Å²) in [5, 5.41) is 4.01. The Bertz CT molecular complexity index is 434. The minimum atomic E-state index is -4.53. The highest BCUT2D eigenvalue weighted by Crippen LogP contribution is 2.13. The van der Waals surface area contributed by atoms with Gasteiger partial charge in [0, 0.05) is 0 Å². The normalized spacial score (nSPS) is 12.8. The second-order valence-corrected chi connectivity index (χ2v) is 4.49. The number of thiophene rings is 1. The number of hydroxylamine groups is 1. The number of carbonyl (C=O) groups excluding carboxylic acids is 2. The zero-order chi connectivity index (χ0) is 14.5. The smallest absolute Gasteiger partial charge is 0.340 e. The Balaban J connectivity index is 2.35. The Morgan fingerprint density at radius 2 is 2.16 bits per heavy atom. The molecule has 0 aliphatic carbocycles. The lowest BCUT2D eigenvalue weighted by Gasteiger charge is -2.14. The van der Waals surface area contributed by atoms with Crippen LogP contribution in [0, 0.1) is 0 Å². The van der Waals surface area contributed by atoms with E-state index in [-0.39, 0.29) is 0 Å². The van der Waals surface area contributed by atoms with E-state index in [1.807, 2.05) is 0 Å². The van der Waals surface area contributed by atoms with Gasteiger partial charge in [-0.15, -0.1) is 11.3 Å². The molecule has 1 heterocycles. The summed E-state index contributed by atoms with van der Waals surface area (Å²) in [5.41, 5.74) is 1.62. The summed E-state index contributed by atoms with van der Waals surface area (Å²) >= 11 is 1.18. The van der Waals surface area contributed by atoms with Gasteiger partial charge in [-0.1, -0.05) is 6.07 Å². The topological polar surface area (TPSA) is 67.4 Å². The van der Waals surface area contributed by atoms with Crippen molar-refractivity contribution >= 4 is 23.2 Å². The minimum absolute atomic E-state index is 0.399. The first kappa shape index (κ1) is 15.4. The van der Waals surface area contributed by atoms with E-state index < -0.39 is 30.6 Å². The second-order valence-electron chi connectivity index (χ2n) is 3.54. The molecule has 1 aromatic rings. The summed E-state index contributed by atoms with van der Waals surface area (Å²) < 4.78 is 35.3. The first-order chi connectivity index (χ1) is 8.79. The van der Waals surface area contributed by atoms with Crippen LogP contribution in [0.25, 0.3) is 0 Å². The van der Waals surface area contributed by atoms with Crippen LogP contribution >= 0.6 is 11.3 Å². The number of halogens is 3. The maximum atomic E-state index is 11.8. The largest absolute Gasteiger partial charge is 0.414 e. The maximum Gasteiger partial charge on any atom is 0.414 e. The Morgan fingerprint density at radius 1 is 1.47 bits per heavy atom. The fourth-order valence-electron chi connectivity index (χ4n) is 1.02. The highest BCUT2D eigenvalue weighted by Gasteiger charge is 2.28. The molecule has 2 N–H and O–H groups in total. The van der Waals surface area contributed by atoms with Gasteiger partial charge in [0.1, 0.15) is 6.04 Å². The molecule has 0 fully saturated rings. The zero-order valence-electron chi connectivity index (χ0n) is 9.78. The molecule has 19 heavy (non-hydrogen) atoms. The quantitative estimate of drug-likeness (QED) is 0.809. The minimum Gasteiger partial charge on any atom is -0.340 e. The molecule has 106 valence electrons. The van der Waals surface area contributed by atoms with E-state index in [2.05, 4.69) is 10.2 Å². The third-order valence-corrected chi connectivity index (χ3v) is 2.76. The van der Waals surface area contributed by atoms with Crippen molar-refractivity contribution in [2.45, 2.75) is 19.1 Å². The van der Waals surface area contributed by atoms with Gasteiger partial charge in [0.15, 0.2) is 6.61 Å². The second kappa shape index (κ2) is 6.53. The van der Waals surface area contributed by atoms with Crippen molar-refractivity contribution in [3.8, 4) is 0 Å². The number of alkyl halides is 3. The molecular formula is C10H11F3N2O3S. The lowest BCUT2D eigenvalue weighted by molar-refractivity contribution is -0.192. The van der Waals surface area contributed by atoms with Crippen molar-refractivity contribution in [2.24, 2.45) is 0 Å². The molecule has 0 saturated heterocycles. The van der Waals surface area contributed by atoms with Gasteiger partial charge in [0.25, 0.3) is 11.8 Å². The monoisotopic (exact) mass is 296 g/mol. The van der Waals surface area contributed by atoms with Gasteiger partial charge in [0.2, 0.25) is 0 Å². The Morgan fingerprint density at radius 3 is 2.68 bits per heavy atom. The Kier molecular flexibility index (Phi) is 5.31. The highest BCUT2D eigenvalue weighted by atomic mass is 32.1. The predicted molar refractivity (Wildman–Crippen MR) is 61.4 cm³/mol. The first-order valence-corrected chi connectivity index (χ1v) is 6.00. The molecule has 0 bridgehead atoms. The predicted octanol–water partition coefficient (Wildman–Crippen LogP) is 1.48. The molecule has 1 aromatic heterocycles. The highest BCUT2D eigenvalue weighted by molar-refractivity contribution is 7.12. The molecule has 5 nitrogen and oxygen atoms in total. The molecule has 0 aliphatic heterocycles. The van der Waals surface area contributed by atoms with Crippen molar-refractivity contribution in [2.75, 3.05) is 6.61 Å². The van der Waals surface area contributed by atoms with Crippen LogP contribution in [0.4, 0.5) is 13.2 Å². The number of rotatable bonds is 5. The lowest BCUT2D eigenvalue weighted by Crippen LogP contribution is -2.45. The molecule has 1 rings (SSSR count). The molecule has 0 spiro atoms. The van der Waals surface area contributed by atoms with E-state index in [0.29, 0.717) is 4.88 Å². The Labute approximate surface area is 110 Å². The number of hydrogen-bond acceptors (Lipinski definition) is 4. The average Bonchev–Trinajstić information content (AvgIpc) is 2.80. The van der Waals surface area contributed by atoms with Crippen LogP contribution in [0.1, 0.15) is 16.6 Å². The number of nitrogens with one attached hydrogen (secondary N) is 2. The molecular weight excluding hydrogens is 285 g/mol. The summed E-state index contributed by atoms with van der Waals surface area (Å²) in [4.78, 5) is 27.3. The molecule has 0 radical (unpaired) electrons. The molecule has 2 amide bonds. The summed E-state index contributed by atoms with van der Waals surface area (Å²) in [6.07, 6.45) is -4.53. The van der Waals surface area contributed by atoms with Gasteiger partial charge in [0.05, 0.1) is 4.88 Å². The summed E-state index contributed by atoms with van der Waals surface area (Å²) in [6, 6.07) is 2.21. The Hall–Kier alpha value is -1.61. The van der Waals surface area contributed by atoms with E-state index in [1.54, 1.807) is 23.0 Å². The van der Waals surface area contributed by atoms with Crippen LogP contribution in [-0.4, -0.2) is 30.6 Å². The van der Waals surface area contributed by atoms with E-state index in [9.17, 15) is 22.8 Å². The van der Waals surface area contributed by atoms with Crippen LogP contribution in [0.2, 0.25) is 0 Å². The zero-order valence-corrected chi connectivity index (χ0v) is 10.6. The van der Waals surface area contributed by atoms with E-state index in [0.717, 1.165) is 0 Å². The molecule has 0 saturated carbocycles. The van der Waals surface area contributed by atoms with Gasteiger partial charge in [-0.05, 0) is 18.4 Å². The number of amides is 2. The molecule has 0 aliphatic rings. The first-order valence-electron chi connectivity index (χ1n) is 5.12. The molecule has 0 aromatic carbocycles. The molecule has 1 atom stereocenters. The molecule has 9 heteroatoms. The van der Waals surface area contributed by atoms with Crippen LogP contribution in [0.15, 0.2) is 17.5 Å². The molecule has 1 unspecified atom stereocenters. The van der Waals surface area contributed by atoms with Crippen molar-refractivity contribution in [3.63, 3.8) is 0 Å². The van der Waals surface area contributed by atoms with Crippen molar-refractivity contribution in [3.05, 3.63) is 22.4 Å². The van der Waals surface area contributed by atoms with Crippen molar-refractivity contribution in [1.82, 2.24) is 10.8 Å². The van der Waals surface area contributed by atoms with Gasteiger partial charge in [-0.3, -0.25) is 14.4 Å². The number of hydrogen-bond donors (Lipinski definition) is 2. The van der Waals surface area contributed by atoms with Gasteiger partial charge in [-0.2, -0.15) is 13.2 Å². The SMILES string of the molecule is CC(NC(=O)c1cccs1)C(=O)NOCC(F)(F)F. The standard InChI is InChI=1S/C10H11F3N2O3S/c1-6(8(16)15-18-5-10(11,12)13)14-9(17)7-3-2-4-19-7/h2-4,6H,5H2,1H3,(H,14,17)(H,15,16). The van der Waals surface area contributed by atoms with E-state index >= 15 is 0 Å². The maximum absolute atomic E-state index is 11.8. The van der Waals surface area contributed by atoms with Gasteiger partial charge >= 0.3 is 6.18 Å². The number of carbonyl (C=O) groups is 2. The summed E-state index contributed by atoms with van der Waals surface area (Å²) in [7, 11) is 0. The van der Waals surface area contributed by atoms with Gasteiger partial charge in [-0.25, -0.2) is 5.48 Å². The summed E-state index contributed by atoms with van der Waals surface area (Å²) in [6.45, 7) is -0.262. The summed E-state index contributed by atoms with van der Waals surface area (Å²) in [5.74, 6) is -1.34. The van der Waals surface area contributed by atoms with Crippen molar-refractivity contribution < 1.29 is 27.6 Å². The van der Waals surface area contributed by atoms with Gasteiger partial charge < -0.3 is 5.32 Å². The fourth-order valence-corrected chi connectivity index (χ4v) is 1.65. The third-order valence-electron chi connectivity index (χ3n) is 1.89. The third kappa shape index (κ3) is 5.71. The van der Waals surface area contributed by atoms with Crippen molar-refractivity contribution in [1.29, 1.82) is 0 Å². The van der Waals surface area contributed by atoms with Crippen LogP contribution in [0.5, 0.6) is 0 Å². The van der Waals surface area contributed by atoms with E-state index in [4.69, 9.17) is 0 Å². The van der Waals surface area contributed by atoms with Crippen LogP contribution in [0.3, 0.4) is 0 Å². The van der Waals surface area contributed by atoms with Crippen LogP contribution < -0.4 is 10.8 Å². The van der Waals surface area contributed by atoms with E-state index in [1.165, 1.54) is 18.3 Å². The fraction of sp³-hybridized carbons (Fsp3) is 0.400. The average molecular weight is 296 g/mol. The van der Waals surface area contributed by atoms with Crippen LogP contribution in [-0.2, 0) is 9.63 Å². The lowest BCUT2D eigenvalue weighted by atomic mass is 10.3.